The van der Waals surface area contributed by atoms with Gasteiger partial charge in [-0.1, -0.05) is 0 Å². The highest BCUT2D eigenvalue weighted by molar-refractivity contribution is 7.84. The molecule has 18 heavy (non-hydrogen) atoms. The van der Waals surface area contributed by atoms with E-state index in [0.29, 0.717) is 17.7 Å². The van der Waals surface area contributed by atoms with E-state index in [1.807, 2.05) is 0 Å². The second-order valence-corrected chi connectivity index (χ2v) is 5.77. The normalized spacial score (nSPS) is 17.7. The van der Waals surface area contributed by atoms with Crippen LogP contribution in [-0.2, 0) is 22.7 Å². The second-order valence-electron chi connectivity index (χ2n) is 4.27. The molecule has 0 aromatic carbocycles. The lowest BCUT2D eigenvalue weighted by molar-refractivity contribution is -0.141. The fourth-order valence-corrected chi connectivity index (χ4v) is 2.90. The SMILES string of the molecule is O=c1cc(C(F)(F)F)nc(C[S@@](=O)CC2CC2)[nH]1. The average molecular weight is 280 g/mol. The Bertz CT molecular complexity index is 523. The van der Waals surface area contributed by atoms with Gasteiger partial charge in [-0.15, -0.1) is 0 Å². The lowest BCUT2D eigenvalue weighted by Gasteiger charge is -2.07. The topological polar surface area (TPSA) is 62.8 Å². The fourth-order valence-electron chi connectivity index (χ4n) is 1.48. The maximum Gasteiger partial charge on any atom is 0.433 e. The number of halogens is 3. The lowest BCUT2D eigenvalue weighted by Crippen LogP contribution is -2.19. The Morgan fingerprint density at radius 2 is 2.11 bits per heavy atom. The van der Waals surface area contributed by atoms with Crippen molar-refractivity contribution in [1.82, 2.24) is 9.97 Å². The zero-order valence-corrected chi connectivity index (χ0v) is 10.1. The van der Waals surface area contributed by atoms with E-state index < -0.39 is 28.2 Å². The monoisotopic (exact) mass is 280 g/mol. The molecule has 1 fully saturated rings. The summed E-state index contributed by atoms with van der Waals surface area (Å²) in [6, 6.07) is 0.396. The quantitative estimate of drug-likeness (QED) is 0.908. The van der Waals surface area contributed by atoms with Crippen molar-refractivity contribution in [3.63, 3.8) is 0 Å². The van der Waals surface area contributed by atoms with Crippen LogP contribution in [0.1, 0.15) is 24.4 Å². The van der Waals surface area contributed by atoms with E-state index in [-0.39, 0.29) is 11.6 Å². The van der Waals surface area contributed by atoms with Gasteiger partial charge in [0.1, 0.15) is 5.82 Å². The van der Waals surface area contributed by atoms with E-state index in [0.717, 1.165) is 12.8 Å². The van der Waals surface area contributed by atoms with Crippen LogP contribution in [0.25, 0.3) is 0 Å². The van der Waals surface area contributed by atoms with Crippen LogP contribution in [0.15, 0.2) is 10.9 Å². The molecule has 0 amide bonds. The Morgan fingerprint density at radius 3 is 2.67 bits per heavy atom. The van der Waals surface area contributed by atoms with Crippen molar-refractivity contribution < 1.29 is 17.4 Å². The van der Waals surface area contributed by atoms with Gasteiger partial charge in [-0.05, 0) is 18.8 Å². The molecule has 0 spiro atoms. The molecule has 100 valence electrons. The van der Waals surface area contributed by atoms with Crippen molar-refractivity contribution in [2.75, 3.05) is 5.75 Å². The van der Waals surface area contributed by atoms with Crippen molar-refractivity contribution in [2.24, 2.45) is 5.92 Å². The van der Waals surface area contributed by atoms with Crippen LogP contribution >= 0.6 is 0 Å². The van der Waals surface area contributed by atoms with Gasteiger partial charge in [0, 0.05) is 22.6 Å². The first-order chi connectivity index (χ1) is 8.34. The van der Waals surface area contributed by atoms with Gasteiger partial charge in [0.15, 0.2) is 5.69 Å². The Balaban J connectivity index is 2.14. The minimum absolute atomic E-state index is 0.143. The second kappa shape index (κ2) is 4.83. The minimum Gasteiger partial charge on any atom is -0.310 e. The minimum atomic E-state index is -4.67. The number of alkyl halides is 3. The first kappa shape index (κ1) is 13.3. The predicted molar refractivity (Wildman–Crippen MR) is 59.3 cm³/mol. The molecule has 0 bridgehead atoms. The number of hydrogen-bond acceptors (Lipinski definition) is 3. The number of H-pyrrole nitrogens is 1. The lowest BCUT2D eigenvalue weighted by atomic mass is 10.4. The van der Waals surface area contributed by atoms with Crippen LogP contribution in [0.4, 0.5) is 13.2 Å². The Labute approximate surface area is 103 Å². The van der Waals surface area contributed by atoms with Gasteiger partial charge in [-0.2, -0.15) is 13.2 Å². The molecule has 4 nitrogen and oxygen atoms in total. The number of nitrogens with zero attached hydrogens (tertiary/aromatic N) is 1. The van der Waals surface area contributed by atoms with Crippen molar-refractivity contribution in [2.45, 2.75) is 24.8 Å². The molecule has 1 aliphatic rings. The maximum atomic E-state index is 12.4. The van der Waals surface area contributed by atoms with Crippen LogP contribution in [0.3, 0.4) is 0 Å². The summed E-state index contributed by atoms with van der Waals surface area (Å²) < 4.78 is 48.8. The molecule has 0 saturated heterocycles. The first-order valence-electron chi connectivity index (χ1n) is 5.37. The molecular weight excluding hydrogens is 269 g/mol. The summed E-state index contributed by atoms with van der Waals surface area (Å²) in [7, 11) is -1.28. The predicted octanol–water partition coefficient (Wildman–Crippen LogP) is 1.45. The molecule has 1 aromatic heterocycles. The molecule has 1 aromatic rings. The fraction of sp³-hybridized carbons (Fsp3) is 0.600. The van der Waals surface area contributed by atoms with Crippen LogP contribution < -0.4 is 5.56 Å². The third-order valence-electron chi connectivity index (χ3n) is 2.50. The molecule has 1 N–H and O–H groups in total. The van der Waals surface area contributed by atoms with Crippen molar-refractivity contribution >= 4 is 10.8 Å². The average Bonchev–Trinajstić information content (AvgIpc) is 2.98. The number of hydrogen-bond donors (Lipinski definition) is 1. The van der Waals surface area contributed by atoms with Crippen LogP contribution in [0.5, 0.6) is 0 Å². The smallest absolute Gasteiger partial charge is 0.310 e. The van der Waals surface area contributed by atoms with Gasteiger partial charge in [0.25, 0.3) is 5.56 Å². The molecule has 1 saturated carbocycles. The number of nitrogens with one attached hydrogen (secondary N) is 1. The highest BCUT2D eigenvalue weighted by atomic mass is 32.2. The largest absolute Gasteiger partial charge is 0.433 e. The molecule has 1 heterocycles. The highest BCUT2D eigenvalue weighted by Gasteiger charge is 2.33. The summed E-state index contributed by atoms with van der Waals surface area (Å²) in [5, 5.41) is 0. The van der Waals surface area contributed by atoms with E-state index in [2.05, 4.69) is 9.97 Å². The zero-order valence-electron chi connectivity index (χ0n) is 9.29. The van der Waals surface area contributed by atoms with Gasteiger partial charge in [0.2, 0.25) is 0 Å². The molecule has 8 heteroatoms. The summed E-state index contributed by atoms with van der Waals surface area (Å²) in [6.45, 7) is 0. The van der Waals surface area contributed by atoms with E-state index in [1.54, 1.807) is 0 Å². The van der Waals surface area contributed by atoms with Crippen molar-refractivity contribution in [3.05, 3.63) is 27.9 Å². The van der Waals surface area contributed by atoms with Crippen LogP contribution in [-0.4, -0.2) is 19.9 Å². The molecule has 2 rings (SSSR count). The van der Waals surface area contributed by atoms with Crippen LogP contribution in [0, 0.1) is 5.92 Å². The van der Waals surface area contributed by atoms with Gasteiger partial charge in [-0.3, -0.25) is 9.00 Å². The van der Waals surface area contributed by atoms with Gasteiger partial charge < -0.3 is 4.98 Å². The van der Waals surface area contributed by atoms with Crippen molar-refractivity contribution in [3.8, 4) is 0 Å². The number of aromatic amines is 1. The summed E-state index contributed by atoms with van der Waals surface area (Å²) in [5.74, 6) is 0.549. The van der Waals surface area contributed by atoms with E-state index in [4.69, 9.17) is 0 Å². The van der Waals surface area contributed by atoms with Gasteiger partial charge in [-0.25, -0.2) is 4.98 Å². The zero-order chi connectivity index (χ0) is 13.3. The van der Waals surface area contributed by atoms with Crippen LogP contribution in [0.2, 0.25) is 0 Å². The van der Waals surface area contributed by atoms with E-state index in [9.17, 15) is 22.2 Å². The molecule has 0 radical (unpaired) electrons. The van der Waals surface area contributed by atoms with E-state index >= 15 is 0 Å². The molecule has 0 aliphatic heterocycles. The molecule has 1 atom stereocenters. The molecular formula is C10H11F3N2O2S. The summed E-state index contributed by atoms with van der Waals surface area (Å²) in [5.41, 5.74) is -2.12. The standard InChI is InChI=1S/C10H11F3N2O2S/c11-10(12,13)7-3-9(16)15-8(14-7)5-18(17)4-6-1-2-6/h3,6H,1-2,4-5H2,(H,14,15,16)/t18-/m0/s1. The Morgan fingerprint density at radius 1 is 1.44 bits per heavy atom. The molecule has 0 unspecified atom stereocenters. The van der Waals surface area contributed by atoms with Gasteiger partial charge in [0.05, 0.1) is 5.75 Å². The maximum absolute atomic E-state index is 12.4. The Hall–Kier alpha value is -1.18. The van der Waals surface area contributed by atoms with Gasteiger partial charge >= 0.3 is 6.18 Å². The Kier molecular flexibility index (Phi) is 3.56. The third kappa shape index (κ3) is 3.66. The third-order valence-corrected chi connectivity index (χ3v) is 3.94. The van der Waals surface area contributed by atoms with E-state index in [1.165, 1.54) is 0 Å². The van der Waals surface area contributed by atoms with Crippen molar-refractivity contribution in [1.29, 1.82) is 0 Å². The number of aromatic nitrogens is 2. The molecule has 1 aliphatic carbocycles. The first-order valence-corrected chi connectivity index (χ1v) is 6.86. The summed E-state index contributed by atoms with van der Waals surface area (Å²) in [6.07, 6.45) is -2.64. The summed E-state index contributed by atoms with van der Waals surface area (Å²) >= 11 is 0. The summed E-state index contributed by atoms with van der Waals surface area (Å²) in [4.78, 5) is 16.6. The highest BCUT2D eigenvalue weighted by Crippen LogP contribution is 2.30. The number of rotatable bonds is 4.